The summed E-state index contributed by atoms with van der Waals surface area (Å²) < 4.78 is 1.30. The number of rotatable bonds is 1. The fraction of sp³-hybridized carbons (Fsp3) is 0. The lowest BCUT2D eigenvalue weighted by Crippen LogP contribution is -2.22. The maximum absolute atomic E-state index is 11.5. The minimum absolute atomic E-state index is 0.109. The quantitative estimate of drug-likeness (QED) is 0.694. The predicted molar refractivity (Wildman–Crippen MR) is 52.0 cm³/mol. The predicted octanol–water partition coefficient (Wildman–Crippen LogP) is 0.210. The van der Waals surface area contributed by atoms with Crippen molar-refractivity contribution in [2.24, 2.45) is 0 Å². The lowest BCUT2D eigenvalue weighted by molar-refractivity contribution is 0.903. The lowest BCUT2D eigenvalue weighted by atomic mass is 10.4. The molecule has 0 saturated heterocycles. The Hall–Kier alpha value is -2.17. The molecule has 14 heavy (non-hydrogen) atoms. The monoisotopic (exact) mass is 188 g/mol. The van der Waals surface area contributed by atoms with Crippen LogP contribution in [0.1, 0.15) is 0 Å². The largest absolute Gasteiger partial charge is 0.393 e. The van der Waals surface area contributed by atoms with Crippen molar-refractivity contribution in [2.45, 2.75) is 0 Å². The fourth-order valence-corrected chi connectivity index (χ4v) is 1.09. The van der Waals surface area contributed by atoms with Crippen molar-refractivity contribution < 1.29 is 0 Å². The molecule has 0 spiro atoms. The van der Waals surface area contributed by atoms with Crippen LogP contribution in [0, 0.1) is 0 Å². The van der Waals surface area contributed by atoms with E-state index in [4.69, 9.17) is 5.73 Å². The van der Waals surface area contributed by atoms with Crippen molar-refractivity contribution in [3.05, 3.63) is 47.3 Å². The van der Waals surface area contributed by atoms with E-state index >= 15 is 0 Å². The van der Waals surface area contributed by atoms with Crippen molar-refractivity contribution >= 4 is 5.69 Å². The molecule has 0 atom stereocenters. The van der Waals surface area contributed by atoms with Gasteiger partial charge in [0.2, 0.25) is 0 Å². The number of anilines is 1. The molecular weight excluding hydrogens is 180 g/mol. The molecule has 2 N–H and O–H groups in total. The lowest BCUT2D eigenvalue weighted by Gasteiger charge is -2.02. The first kappa shape index (κ1) is 8.43. The third kappa shape index (κ3) is 1.35. The first-order valence-electron chi connectivity index (χ1n) is 4.02. The number of hydrogen-bond donors (Lipinski definition) is 1. The Kier molecular flexibility index (Phi) is 1.98. The second-order valence-corrected chi connectivity index (χ2v) is 2.71. The maximum Gasteiger partial charge on any atom is 0.282 e. The number of pyridine rings is 1. The average Bonchev–Trinajstić information content (AvgIpc) is 2.23. The molecule has 0 aliphatic heterocycles. The van der Waals surface area contributed by atoms with Crippen molar-refractivity contribution in [3.8, 4) is 5.82 Å². The highest BCUT2D eigenvalue weighted by molar-refractivity contribution is 5.34. The average molecular weight is 188 g/mol. The van der Waals surface area contributed by atoms with Crippen LogP contribution in [-0.2, 0) is 0 Å². The number of nitrogens with zero attached hydrogens (tertiary/aromatic N) is 3. The zero-order valence-electron chi connectivity index (χ0n) is 7.29. The topological polar surface area (TPSA) is 73.8 Å². The van der Waals surface area contributed by atoms with Gasteiger partial charge in [-0.25, -0.2) is 14.5 Å². The Bertz CT molecular complexity index is 492. The summed E-state index contributed by atoms with van der Waals surface area (Å²) in [6.07, 6.45) is 4.31. The molecule has 70 valence electrons. The molecule has 2 rings (SSSR count). The standard InChI is InChI=1S/C9H8N4O/c10-7-5-11-6-13(9(7)14)8-3-1-2-4-12-8/h1-6H,10H2. The summed E-state index contributed by atoms with van der Waals surface area (Å²) >= 11 is 0. The van der Waals surface area contributed by atoms with Gasteiger partial charge in [-0.1, -0.05) is 6.07 Å². The molecule has 0 fully saturated rings. The van der Waals surface area contributed by atoms with Gasteiger partial charge < -0.3 is 5.73 Å². The highest BCUT2D eigenvalue weighted by Gasteiger charge is 2.02. The summed E-state index contributed by atoms with van der Waals surface area (Å²) in [4.78, 5) is 19.4. The van der Waals surface area contributed by atoms with E-state index in [1.807, 2.05) is 0 Å². The van der Waals surface area contributed by atoms with E-state index in [1.54, 1.807) is 24.4 Å². The van der Waals surface area contributed by atoms with E-state index in [0.29, 0.717) is 5.82 Å². The molecule has 2 aromatic heterocycles. The van der Waals surface area contributed by atoms with Crippen LogP contribution in [0.4, 0.5) is 5.69 Å². The first-order chi connectivity index (χ1) is 6.79. The van der Waals surface area contributed by atoms with Crippen molar-refractivity contribution in [2.75, 3.05) is 5.73 Å². The van der Waals surface area contributed by atoms with Gasteiger partial charge in [0.25, 0.3) is 5.56 Å². The van der Waals surface area contributed by atoms with Crippen molar-refractivity contribution in [1.29, 1.82) is 0 Å². The molecule has 0 aliphatic rings. The molecular formula is C9H8N4O. The first-order valence-corrected chi connectivity index (χ1v) is 4.02. The van der Waals surface area contributed by atoms with Crippen LogP contribution < -0.4 is 11.3 Å². The maximum atomic E-state index is 11.5. The summed E-state index contributed by atoms with van der Waals surface area (Å²) in [5.41, 5.74) is 5.24. The van der Waals surface area contributed by atoms with Crippen LogP contribution in [0.2, 0.25) is 0 Å². The Balaban J connectivity index is 2.64. The number of hydrogen-bond acceptors (Lipinski definition) is 4. The van der Waals surface area contributed by atoms with Gasteiger partial charge in [0.1, 0.15) is 17.8 Å². The zero-order chi connectivity index (χ0) is 9.97. The van der Waals surface area contributed by atoms with Crippen molar-refractivity contribution in [1.82, 2.24) is 14.5 Å². The third-order valence-corrected chi connectivity index (χ3v) is 1.76. The highest BCUT2D eigenvalue weighted by Crippen LogP contribution is 1.98. The van der Waals surface area contributed by atoms with Crippen LogP contribution in [0.3, 0.4) is 0 Å². The van der Waals surface area contributed by atoms with Gasteiger partial charge in [0.05, 0.1) is 6.20 Å². The normalized spacial score (nSPS) is 10.0. The van der Waals surface area contributed by atoms with Crippen molar-refractivity contribution in [3.63, 3.8) is 0 Å². The second kappa shape index (κ2) is 3.29. The van der Waals surface area contributed by atoms with Crippen LogP contribution in [0.5, 0.6) is 0 Å². The molecule has 5 heteroatoms. The van der Waals surface area contributed by atoms with Gasteiger partial charge in [-0.3, -0.25) is 4.79 Å². The summed E-state index contributed by atoms with van der Waals surface area (Å²) in [5.74, 6) is 0.511. The Labute approximate surface area is 79.9 Å². The molecule has 2 heterocycles. The van der Waals surface area contributed by atoms with E-state index < -0.39 is 0 Å². The van der Waals surface area contributed by atoms with Gasteiger partial charge in [0.15, 0.2) is 0 Å². The summed E-state index contributed by atoms with van der Waals surface area (Å²) in [5, 5.41) is 0. The van der Waals surface area contributed by atoms with E-state index in [9.17, 15) is 4.79 Å². The Morgan fingerprint density at radius 3 is 2.93 bits per heavy atom. The van der Waals surface area contributed by atoms with E-state index in [0.717, 1.165) is 0 Å². The third-order valence-electron chi connectivity index (χ3n) is 1.76. The van der Waals surface area contributed by atoms with Gasteiger partial charge in [0, 0.05) is 6.20 Å². The molecule has 5 nitrogen and oxygen atoms in total. The molecule has 0 aliphatic carbocycles. The van der Waals surface area contributed by atoms with Crippen LogP contribution in [0.25, 0.3) is 5.82 Å². The van der Waals surface area contributed by atoms with Gasteiger partial charge >= 0.3 is 0 Å². The number of nitrogen functional groups attached to an aromatic ring is 1. The summed E-state index contributed by atoms with van der Waals surface area (Å²) in [7, 11) is 0. The zero-order valence-corrected chi connectivity index (χ0v) is 7.29. The molecule has 0 aromatic carbocycles. The Morgan fingerprint density at radius 2 is 2.21 bits per heavy atom. The highest BCUT2D eigenvalue weighted by atomic mass is 16.1. The Morgan fingerprint density at radius 1 is 1.36 bits per heavy atom. The molecule has 0 unspecified atom stereocenters. The van der Waals surface area contributed by atoms with E-state index in [-0.39, 0.29) is 11.2 Å². The smallest absolute Gasteiger partial charge is 0.282 e. The second-order valence-electron chi connectivity index (χ2n) is 2.71. The number of aromatic nitrogens is 3. The number of nitrogens with two attached hydrogens (primary N) is 1. The molecule has 2 aromatic rings. The fourth-order valence-electron chi connectivity index (χ4n) is 1.09. The minimum Gasteiger partial charge on any atom is -0.393 e. The van der Waals surface area contributed by atoms with E-state index in [2.05, 4.69) is 9.97 Å². The van der Waals surface area contributed by atoms with Gasteiger partial charge in [-0.05, 0) is 12.1 Å². The summed E-state index contributed by atoms with van der Waals surface area (Å²) in [6.45, 7) is 0. The SMILES string of the molecule is Nc1cncn(-c2ccccn2)c1=O. The summed E-state index contributed by atoms with van der Waals surface area (Å²) in [6, 6.07) is 5.27. The molecule has 0 bridgehead atoms. The molecule has 0 saturated carbocycles. The van der Waals surface area contributed by atoms with E-state index in [1.165, 1.54) is 17.1 Å². The molecule has 0 amide bonds. The van der Waals surface area contributed by atoms with Crippen LogP contribution >= 0.6 is 0 Å². The van der Waals surface area contributed by atoms with Gasteiger partial charge in [-0.15, -0.1) is 0 Å². The van der Waals surface area contributed by atoms with Crippen LogP contribution in [-0.4, -0.2) is 14.5 Å². The minimum atomic E-state index is -0.307. The van der Waals surface area contributed by atoms with Gasteiger partial charge in [-0.2, -0.15) is 0 Å². The van der Waals surface area contributed by atoms with Crippen LogP contribution in [0.15, 0.2) is 41.7 Å². The molecule has 0 radical (unpaired) electrons.